The summed E-state index contributed by atoms with van der Waals surface area (Å²) in [5, 5.41) is 18.4. The van der Waals surface area contributed by atoms with E-state index in [9.17, 15) is 19.5 Å². The summed E-state index contributed by atoms with van der Waals surface area (Å²) < 4.78 is 0. The molecule has 1 fully saturated rings. The summed E-state index contributed by atoms with van der Waals surface area (Å²) in [6.07, 6.45) is 4.28. The Labute approximate surface area is 136 Å². The van der Waals surface area contributed by atoms with E-state index in [0.29, 0.717) is 6.42 Å². The molecule has 0 saturated heterocycles. The number of nitrogens with two attached hydrogens (primary N) is 1. The summed E-state index contributed by atoms with van der Waals surface area (Å²) in [7, 11) is 0. The first kappa shape index (κ1) is 19.4. The Hall–Kier alpha value is -1.63. The maximum absolute atomic E-state index is 12.7. The van der Waals surface area contributed by atoms with Crippen molar-refractivity contribution in [2.75, 3.05) is 0 Å². The predicted molar refractivity (Wildman–Crippen MR) is 84.8 cm³/mol. The molecule has 0 heterocycles. The molecule has 1 aliphatic carbocycles. The molecule has 0 radical (unpaired) electrons. The molecule has 0 bridgehead atoms. The fourth-order valence-electron chi connectivity index (χ4n) is 3.19. The van der Waals surface area contributed by atoms with Gasteiger partial charge in [-0.05, 0) is 25.2 Å². The molecule has 1 rings (SSSR count). The number of hydrogen-bond donors (Lipinski definition) is 3. The second-order valence-electron chi connectivity index (χ2n) is 6.73. The fraction of sp³-hybridized carbons (Fsp3) is 0.812. The summed E-state index contributed by atoms with van der Waals surface area (Å²) in [6.45, 7) is 3.80. The molecule has 0 unspecified atom stereocenters. The molecule has 1 amide bonds. The molecule has 23 heavy (non-hydrogen) atoms. The van der Waals surface area contributed by atoms with E-state index < -0.39 is 36.4 Å². The molecule has 132 valence electrons. The van der Waals surface area contributed by atoms with Crippen molar-refractivity contribution in [3.05, 3.63) is 0 Å². The Kier molecular flexibility index (Phi) is 7.48. The molecule has 1 saturated carbocycles. The van der Waals surface area contributed by atoms with Gasteiger partial charge in [-0.15, -0.1) is 0 Å². The van der Waals surface area contributed by atoms with Crippen LogP contribution in [0.2, 0.25) is 0 Å². The number of amides is 1. The highest BCUT2D eigenvalue weighted by Gasteiger charge is 2.38. The Morgan fingerprint density at radius 3 is 2.13 bits per heavy atom. The molecule has 0 aromatic heterocycles. The first-order valence-electron chi connectivity index (χ1n) is 8.26. The lowest BCUT2D eigenvalue weighted by Crippen LogP contribution is -2.57. The standard InChI is InChI=1S/C16H28N2O5/c1-10(2)8-13(16(22)23)18(11-6-4-3-5-7-11)15(21)12(17)9-14(19)20/h10-13H,3-9,17H2,1-2H3,(H,19,20)(H,22,23)/t12-,13-/m0/s1. The fourth-order valence-corrected chi connectivity index (χ4v) is 3.19. The van der Waals surface area contributed by atoms with Crippen LogP contribution in [0.5, 0.6) is 0 Å². The van der Waals surface area contributed by atoms with Gasteiger partial charge in [0.1, 0.15) is 6.04 Å². The Balaban J connectivity index is 3.05. The van der Waals surface area contributed by atoms with E-state index in [4.69, 9.17) is 10.8 Å². The first-order chi connectivity index (χ1) is 10.7. The topological polar surface area (TPSA) is 121 Å². The minimum absolute atomic E-state index is 0.102. The van der Waals surface area contributed by atoms with Gasteiger partial charge in [0.2, 0.25) is 5.91 Å². The van der Waals surface area contributed by atoms with Crippen LogP contribution in [0.3, 0.4) is 0 Å². The zero-order valence-corrected chi connectivity index (χ0v) is 13.9. The monoisotopic (exact) mass is 328 g/mol. The molecule has 0 aliphatic heterocycles. The lowest BCUT2D eigenvalue weighted by Gasteiger charge is -2.40. The molecule has 7 nitrogen and oxygen atoms in total. The van der Waals surface area contributed by atoms with Gasteiger partial charge in [-0.1, -0.05) is 33.1 Å². The number of carbonyl (C=O) groups excluding carboxylic acids is 1. The molecule has 7 heteroatoms. The summed E-state index contributed by atoms with van der Waals surface area (Å²) in [5.74, 6) is -2.68. The van der Waals surface area contributed by atoms with Crippen molar-refractivity contribution < 1.29 is 24.6 Å². The third-order valence-electron chi connectivity index (χ3n) is 4.25. The summed E-state index contributed by atoms with van der Waals surface area (Å²) in [4.78, 5) is 36.6. The number of aliphatic carboxylic acids is 2. The van der Waals surface area contributed by atoms with Crippen LogP contribution in [0.4, 0.5) is 0 Å². The number of nitrogens with zero attached hydrogens (tertiary/aromatic N) is 1. The van der Waals surface area contributed by atoms with Crippen molar-refractivity contribution in [2.24, 2.45) is 11.7 Å². The van der Waals surface area contributed by atoms with Gasteiger partial charge in [-0.2, -0.15) is 0 Å². The van der Waals surface area contributed by atoms with Crippen LogP contribution in [0, 0.1) is 5.92 Å². The molecule has 0 spiro atoms. The second kappa shape index (κ2) is 8.86. The van der Waals surface area contributed by atoms with E-state index >= 15 is 0 Å². The van der Waals surface area contributed by atoms with E-state index in [1.54, 1.807) is 0 Å². The van der Waals surface area contributed by atoms with Crippen LogP contribution in [0.15, 0.2) is 0 Å². The Morgan fingerprint density at radius 2 is 1.70 bits per heavy atom. The van der Waals surface area contributed by atoms with Crippen LogP contribution in [0.1, 0.15) is 58.8 Å². The predicted octanol–water partition coefficient (Wildman–Crippen LogP) is 1.45. The molecule has 0 aromatic carbocycles. The van der Waals surface area contributed by atoms with E-state index in [1.165, 1.54) is 4.90 Å². The lowest BCUT2D eigenvalue weighted by molar-refractivity contribution is -0.155. The van der Waals surface area contributed by atoms with Gasteiger partial charge in [0.25, 0.3) is 0 Å². The molecular formula is C16H28N2O5. The molecular weight excluding hydrogens is 300 g/mol. The van der Waals surface area contributed by atoms with Gasteiger partial charge in [-0.25, -0.2) is 4.79 Å². The van der Waals surface area contributed by atoms with Gasteiger partial charge in [0.05, 0.1) is 12.5 Å². The van der Waals surface area contributed by atoms with Crippen molar-refractivity contribution in [2.45, 2.75) is 76.9 Å². The summed E-state index contributed by atoms with van der Waals surface area (Å²) in [6, 6.07) is -2.33. The summed E-state index contributed by atoms with van der Waals surface area (Å²) >= 11 is 0. The average Bonchev–Trinajstić information content (AvgIpc) is 2.46. The van der Waals surface area contributed by atoms with E-state index in [-0.39, 0.29) is 12.0 Å². The van der Waals surface area contributed by atoms with Crippen LogP contribution in [0.25, 0.3) is 0 Å². The van der Waals surface area contributed by atoms with Gasteiger partial charge in [0, 0.05) is 6.04 Å². The third-order valence-corrected chi connectivity index (χ3v) is 4.25. The minimum atomic E-state index is -1.21. The van der Waals surface area contributed by atoms with Crippen molar-refractivity contribution >= 4 is 17.8 Å². The quantitative estimate of drug-likeness (QED) is 0.620. The smallest absolute Gasteiger partial charge is 0.326 e. The van der Waals surface area contributed by atoms with E-state index in [1.807, 2.05) is 13.8 Å². The second-order valence-corrected chi connectivity index (χ2v) is 6.73. The third kappa shape index (κ3) is 5.82. The van der Waals surface area contributed by atoms with Crippen molar-refractivity contribution in [3.8, 4) is 0 Å². The summed E-state index contributed by atoms with van der Waals surface area (Å²) in [5.41, 5.74) is 5.73. The van der Waals surface area contributed by atoms with Crippen LogP contribution >= 0.6 is 0 Å². The highest BCUT2D eigenvalue weighted by Crippen LogP contribution is 2.27. The zero-order valence-electron chi connectivity index (χ0n) is 13.9. The Bertz CT molecular complexity index is 432. The number of hydrogen-bond acceptors (Lipinski definition) is 4. The largest absolute Gasteiger partial charge is 0.481 e. The molecule has 1 aliphatic rings. The van der Waals surface area contributed by atoms with Gasteiger partial charge >= 0.3 is 11.9 Å². The zero-order chi connectivity index (χ0) is 17.6. The van der Waals surface area contributed by atoms with Gasteiger partial charge in [-0.3, -0.25) is 9.59 Å². The van der Waals surface area contributed by atoms with Gasteiger partial charge < -0.3 is 20.8 Å². The molecule has 4 N–H and O–H groups in total. The minimum Gasteiger partial charge on any atom is -0.481 e. The van der Waals surface area contributed by atoms with Crippen LogP contribution in [-0.4, -0.2) is 51.1 Å². The molecule has 2 atom stereocenters. The van der Waals surface area contributed by atoms with E-state index in [0.717, 1.165) is 32.1 Å². The normalized spacial score (nSPS) is 18.4. The number of carboxylic acids is 2. The van der Waals surface area contributed by atoms with Crippen molar-refractivity contribution in [1.29, 1.82) is 0 Å². The van der Waals surface area contributed by atoms with Gasteiger partial charge in [0.15, 0.2) is 0 Å². The molecule has 0 aromatic rings. The van der Waals surface area contributed by atoms with Crippen LogP contribution < -0.4 is 5.73 Å². The average molecular weight is 328 g/mol. The number of carbonyl (C=O) groups is 3. The maximum atomic E-state index is 12.7. The number of carboxylic acid groups (broad SMARTS) is 2. The lowest BCUT2D eigenvalue weighted by atomic mass is 9.90. The highest BCUT2D eigenvalue weighted by atomic mass is 16.4. The van der Waals surface area contributed by atoms with Crippen LogP contribution in [-0.2, 0) is 14.4 Å². The number of rotatable bonds is 8. The SMILES string of the molecule is CC(C)C[C@@H](C(=O)O)N(C(=O)[C@@H](N)CC(=O)O)C1CCCCC1. The maximum Gasteiger partial charge on any atom is 0.326 e. The van der Waals surface area contributed by atoms with Crippen molar-refractivity contribution in [3.63, 3.8) is 0 Å². The highest BCUT2D eigenvalue weighted by molar-refractivity contribution is 5.89. The Morgan fingerprint density at radius 1 is 1.13 bits per heavy atom. The first-order valence-corrected chi connectivity index (χ1v) is 8.26. The van der Waals surface area contributed by atoms with Crippen molar-refractivity contribution in [1.82, 2.24) is 4.90 Å². The van der Waals surface area contributed by atoms with E-state index in [2.05, 4.69) is 0 Å².